The zero-order chi connectivity index (χ0) is 12.5. The third kappa shape index (κ3) is 2.33. The van der Waals surface area contributed by atoms with Gasteiger partial charge in [-0.05, 0) is 6.07 Å². The van der Waals surface area contributed by atoms with Crippen LogP contribution in [0.4, 0.5) is 0 Å². The summed E-state index contributed by atoms with van der Waals surface area (Å²) in [5.74, 6) is 0.539. The molecular weight excluding hydrogens is 244 g/mol. The molecule has 3 rings (SSSR count). The van der Waals surface area contributed by atoms with Crippen LogP contribution in [0.2, 0.25) is 0 Å². The fraction of sp³-hybridized carbons (Fsp3) is 0.538. The van der Waals surface area contributed by atoms with Gasteiger partial charge in [-0.15, -0.1) is 11.3 Å². The lowest BCUT2D eigenvalue weighted by atomic mass is 10.1. The van der Waals surface area contributed by atoms with Gasteiger partial charge < -0.3 is 0 Å². The van der Waals surface area contributed by atoms with E-state index in [1.807, 2.05) is 18.5 Å². The van der Waals surface area contributed by atoms with Crippen LogP contribution in [0, 0.1) is 0 Å². The summed E-state index contributed by atoms with van der Waals surface area (Å²) in [6.07, 6.45) is 3.89. The van der Waals surface area contributed by atoms with E-state index in [1.54, 1.807) is 11.3 Å². The Morgan fingerprint density at radius 3 is 2.89 bits per heavy atom. The van der Waals surface area contributed by atoms with Crippen molar-refractivity contribution in [2.24, 2.45) is 0 Å². The summed E-state index contributed by atoms with van der Waals surface area (Å²) in [5, 5.41) is 7.72. The number of likely N-dealkylation sites (tertiary alicyclic amines) is 1. The second-order valence-corrected chi connectivity index (χ2v) is 6.06. The average Bonchev–Trinajstić information content (AvgIpc) is 2.94. The quantitative estimate of drug-likeness (QED) is 0.849. The molecule has 4 nitrogen and oxygen atoms in total. The van der Waals surface area contributed by atoms with Gasteiger partial charge in [-0.2, -0.15) is 5.10 Å². The molecule has 0 amide bonds. The van der Waals surface area contributed by atoms with E-state index in [4.69, 9.17) is 0 Å². The average molecular weight is 262 g/mol. The Kier molecular flexibility index (Phi) is 3.18. The van der Waals surface area contributed by atoms with Gasteiger partial charge in [-0.1, -0.05) is 13.8 Å². The fourth-order valence-electron chi connectivity index (χ4n) is 2.23. The highest BCUT2D eigenvalue weighted by molar-refractivity contribution is 7.09. The number of hydrogen-bond donors (Lipinski definition) is 0. The zero-order valence-electron chi connectivity index (χ0n) is 10.8. The van der Waals surface area contributed by atoms with Gasteiger partial charge in [0.05, 0.1) is 16.7 Å². The van der Waals surface area contributed by atoms with Crippen molar-refractivity contribution in [2.45, 2.75) is 32.4 Å². The summed E-state index contributed by atoms with van der Waals surface area (Å²) in [7, 11) is 0. The second-order valence-electron chi connectivity index (χ2n) is 5.17. The van der Waals surface area contributed by atoms with Crippen molar-refractivity contribution in [3.63, 3.8) is 0 Å². The number of rotatable bonds is 4. The lowest BCUT2D eigenvalue weighted by Crippen LogP contribution is -2.47. The monoisotopic (exact) mass is 262 g/mol. The van der Waals surface area contributed by atoms with Crippen molar-refractivity contribution >= 4 is 11.3 Å². The molecule has 1 saturated heterocycles. The maximum Gasteiger partial charge on any atom is 0.0954 e. The zero-order valence-corrected chi connectivity index (χ0v) is 11.6. The van der Waals surface area contributed by atoms with Gasteiger partial charge in [0.15, 0.2) is 0 Å². The van der Waals surface area contributed by atoms with Gasteiger partial charge in [0.1, 0.15) is 0 Å². The third-order valence-corrected chi connectivity index (χ3v) is 4.48. The topological polar surface area (TPSA) is 34.0 Å². The molecule has 2 aromatic rings. The first kappa shape index (κ1) is 11.9. The lowest BCUT2D eigenvalue weighted by Gasteiger charge is -2.38. The van der Waals surface area contributed by atoms with Crippen LogP contribution in [0.15, 0.2) is 23.8 Å². The molecule has 0 bridgehead atoms. The standard InChI is InChI=1S/C13H18N4S/c1-10(2)13-15-11(9-18-13)6-16-7-12(8-16)17-5-3-4-14-17/h3-5,9-10,12H,6-8H2,1-2H3. The van der Waals surface area contributed by atoms with Gasteiger partial charge in [0.2, 0.25) is 0 Å². The Hall–Kier alpha value is -1.20. The van der Waals surface area contributed by atoms with Crippen LogP contribution in [0.5, 0.6) is 0 Å². The Bertz CT molecular complexity index is 497. The van der Waals surface area contributed by atoms with Gasteiger partial charge >= 0.3 is 0 Å². The minimum absolute atomic E-state index is 0.539. The van der Waals surface area contributed by atoms with E-state index in [0.717, 1.165) is 19.6 Å². The van der Waals surface area contributed by atoms with Gasteiger partial charge in [-0.3, -0.25) is 9.58 Å². The van der Waals surface area contributed by atoms with E-state index >= 15 is 0 Å². The SMILES string of the molecule is CC(C)c1nc(CN2CC(n3cccn3)C2)cs1. The van der Waals surface area contributed by atoms with Crippen LogP contribution >= 0.6 is 11.3 Å². The predicted octanol–water partition coefficient (Wildman–Crippen LogP) is 2.52. The summed E-state index contributed by atoms with van der Waals surface area (Å²) in [5.41, 5.74) is 1.21. The molecule has 0 unspecified atom stereocenters. The Balaban J connectivity index is 1.53. The number of aromatic nitrogens is 3. The van der Waals surface area contributed by atoms with E-state index in [-0.39, 0.29) is 0 Å². The molecule has 0 aromatic carbocycles. The molecule has 96 valence electrons. The van der Waals surface area contributed by atoms with E-state index in [2.05, 4.69) is 38.9 Å². The molecular formula is C13H18N4S. The molecule has 0 atom stereocenters. The highest BCUT2D eigenvalue weighted by Gasteiger charge is 2.28. The van der Waals surface area contributed by atoms with Crippen molar-refractivity contribution < 1.29 is 0 Å². The van der Waals surface area contributed by atoms with Crippen molar-refractivity contribution in [3.05, 3.63) is 34.5 Å². The molecule has 0 radical (unpaired) electrons. The maximum atomic E-state index is 4.67. The highest BCUT2D eigenvalue weighted by Crippen LogP contribution is 2.24. The summed E-state index contributed by atoms with van der Waals surface area (Å²) < 4.78 is 2.05. The second kappa shape index (κ2) is 4.82. The minimum atomic E-state index is 0.539. The Morgan fingerprint density at radius 1 is 1.44 bits per heavy atom. The molecule has 3 heterocycles. The number of thiazole rings is 1. The molecule has 18 heavy (non-hydrogen) atoms. The first-order valence-electron chi connectivity index (χ1n) is 6.38. The maximum absolute atomic E-state index is 4.67. The van der Waals surface area contributed by atoms with E-state index in [0.29, 0.717) is 12.0 Å². The van der Waals surface area contributed by atoms with Gasteiger partial charge in [-0.25, -0.2) is 4.98 Å². The molecule has 0 spiro atoms. The van der Waals surface area contributed by atoms with E-state index in [1.165, 1.54) is 10.7 Å². The summed E-state index contributed by atoms with van der Waals surface area (Å²) >= 11 is 1.78. The van der Waals surface area contributed by atoms with Crippen LogP contribution in [0.1, 0.15) is 36.5 Å². The van der Waals surface area contributed by atoms with E-state index in [9.17, 15) is 0 Å². The molecule has 0 saturated carbocycles. The Labute approximate surface area is 111 Å². The third-order valence-electron chi connectivity index (χ3n) is 3.29. The van der Waals surface area contributed by atoms with E-state index < -0.39 is 0 Å². The van der Waals surface area contributed by atoms with Crippen molar-refractivity contribution in [2.75, 3.05) is 13.1 Å². The van der Waals surface area contributed by atoms with Crippen LogP contribution < -0.4 is 0 Å². The molecule has 5 heteroatoms. The van der Waals surface area contributed by atoms with Crippen LogP contribution in [-0.4, -0.2) is 32.8 Å². The van der Waals surface area contributed by atoms with Gasteiger partial charge in [0.25, 0.3) is 0 Å². The number of nitrogens with zero attached hydrogens (tertiary/aromatic N) is 4. The van der Waals surface area contributed by atoms with Crippen molar-refractivity contribution in [1.29, 1.82) is 0 Å². The van der Waals surface area contributed by atoms with Gasteiger partial charge in [0, 0.05) is 43.3 Å². The number of hydrogen-bond acceptors (Lipinski definition) is 4. The van der Waals surface area contributed by atoms with Crippen LogP contribution in [0.3, 0.4) is 0 Å². The summed E-state index contributed by atoms with van der Waals surface area (Å²) in [6, 6.07) is 2.53. The smallest absolute Gasteiger partial charge is 0.0954 e. The molecule has 0 aliphatic carbocycles. The van der Waals surface area contributed by atoms with Crippen LogP contribution in [-0.2, 0) is 6.54 Å². The first-order chi connectivity index (χ1) is 8.72. The molecule has 1 fully saturated rings. The lowest BCUT2D eigenvalue weighted by molar-refractivity contribution is 0.0897. The summed E-state index contributed by atoms with van der Waals surface area (Å²) in [6.45, 7) is 7.52. The molecule has 1 aliphatic rings. The van der Waals surface area contributed by atoms with Crippen molar-refractivity contribution in [3.8, 4) is 0 Å². The predicted molar refractivity (Wildman–Crippen MR) is 72.7 cm³/mol. The van der Waals surface area contributed by atoms with Crippen molar-refractivity contribution in [1.82, 2.24) is 19.7 Å². The minimum Gasteiger partial charge on any atom is -0.293 e. The highest BCUT2D eigenvalue weighted by atomic mass is 32.1. The first-order valence-corrected chi connectivity index (χ1v) is 7.26. The summed E-state index contributed by atoms with van der Waals surface area (Å²) in [4.78, 5) is 7.10. The largest absolute Gasteiger partial charge is 0.293 e. The molecule has 1 aliphatic heterocycles. The molecule has 0 N–H and O–H groups in total. The fourth-order valence-corrected chi connectivity index (χ4v) is 3.05. The van der Waals surface area contributed by atoms with Crippen LogP contribution in [0.25, 0.3) is 0 Å². The normalized spacial score (nSPS) is 17.3. The Morgan fingerprint density at radius 2 is 2.28 bits per heavy atom. The molecule has 2 aromatic heterocycles.